The first-order chi connectivity index (χ1) is 11.4. The Morgan fingerprint density at radius 2 is 1.88 bits per heavy atom. The number of nitrogens with zero attached hydrogens (tertiary/aromatic N) is 1. The van der Waals surface area contributed by atoms with Crippen LogP contribution in [0.25, 0.3) is 10.6 Å². The summed E-state index contributed by atoms with van der Waals surface area (Å²) in [5.74, 6) is -2.00. The number of amides is 1. The number of nitrogens with one attached hydrogen (secondary N) is 1. The van der Waals surface area contributed by atoms with Crippen LogP contribution in [0.3, 0.4) is 0 Å². The predicted octanol–water partition coefficient (Wildman–Crippen LogP) is 4.66. The highest BCUT2D eigenvalue weighted by molar-refractivity contribution is 7.13. The van der Waals surface area contributed by atoms with Crippen LogP contribution in [0.2, 0.25) is 0 Å². The third-order valence-electron chi connectivity index (χ3n) is 4.26. The van der Waals surface area contributed by atoms with Gasteiger partial charge in [-0.05, 0) is 12.8 Å². The fourth-order valence-corrected chi connectivity index (χ4v) is 3.84. The van der Waals surface area contributed by atoms with Crippen LogP contribution in [0.15, 0.2) is 35.7 Å². The SMILES string of the molecule is O=C(N[C@@H]1CCCC[C@H]1C(F)(F)F)c1csc(-c2ccccc2)n1. The molecule has 3 rings (SSSR count). The molecular weight excluding hydrogens is 337 g/mol. The zero-order valence-electron chi connectivity index (χ0n) is 12.8. The van der Waals surface area contributed by atoms with Crippen LogP contribution < -0.4 is 5.32 Å². The number of thiazole rings is 1. The highest BCUT2D eigenvalue weighted by Crippen LogP contribution is 2.37. The van der Waals surface area contributed by atoms with E-state index in [0.29, 0.717) is 24.3 Å². The molecule has 0 unspecified atom stereocenters. The number of rotatable bonds is 3. The number of alkyl halides is 3. The largest absolute Gasteiger partial charge is 0.393 e. The first-order valence-electron chi connectivity index (χ1n) is 7.83. The van der Waals surface area contributed by atoms with E-state index in [1.54, 1.807) is 5.38 Å². The third-order valence-corrected chi connectivity index (χ3v) is 5.15. The fraction of sp³-hybridized carbons (Fsp3) is 0.412. The molecule has 1 aliphatic rings. The van der Waals surface area contributed by atoms with Crippen molar-refractivity contribution >= 4 is 17.2 Å². The average Bonchev–Trinajstić information content (AvgIpc) is 3.05. The van der Waals surface area contributed by atoms with E-state index in [-0.39, 0.29) is 12.1 Å². The molecule has 1 saturated carbocycles. The van der Waals surface area contributed by atoms with Gasteiger partial charge in [0.15, 0.2) is 0 Å². The van der Waals surface area contributed by atoms with E-state index in [2.05, 4.69) is 10.3 Å². The molecule has 1 fully saturated rings. The molecule has 7 heteroatoms. The molecule has 24 heavy (non-hydrogen) atoms. The first-order valence-corrected chi connectivity index (χ1v) is 8.71. The van der Waals surface area contributed by atoms with E-state index in [4.69, 9.17) is 0 Å². The average molecular weight is 354 g/mol. The van der Waals surface area contributed by atoms with Gasteiger partial charge in [-0.15, -0.1) is 11.3 Å². The van der Waals surface area contributed by atoms with Gasteiger partial charge >= 0.3 is 6.18 Å². The van der Waals surface area contributed by atoms with Crippen molar-refractivity contribution in [1.82, 2.24) is 10.3 Å². The predicted molar refractivity (Wildman–Crippen MR) is 86.8 cm³/mol. The molecule has 0 spiro atoms. The number of carbonyl (C=O) groups is 1. The molecule has 1 N–H and O–H groups in total. The van der Waals surface area contributed by atoms with Crippen molar-refractivity contribution in [2.75, 3.05) is 0 Å². The van der Waals surface area contributed by atoms with Crippen LogP contribution in [0.5, 0.6) is 0 Å². The monoisotopic (exact) mass is 354 g/mol. The lowest BCUT2D eigenvalue weighted by Gasteiger charge is -2.33. The molecule has 1 aliphatic carbocycles. The normalized spacial score (nSPS) is 21.5. The maximum absolute atomic E-state index is 13.1. The highest BCUT2D eigenvalue weighted by atomic mass is 32.1. The fourth-order valence-electron chi connectivity index (χ4n) is 3.03. The van der Waals surface area contributed by atoms with Gasteiger partial charge in [0.2, 0.25) is 0 Å². The number of hydrogen-bond acceptors (Lipinski definition) is 3. The lowest BCUT2D eigenvalue weighted by Crippen LogP contribution is -2.47. The van der Waals surface area contributed by atoms with Crippen molar-refractivity contribution < 1.29 is 18.0 Å². The van der Waals surface area contributed by atoms with Crippen molar-refractivity contribution in [3.8, 4) is 10.6 Å². The molecule has 2 atom stereocenters. The number of aromatic nitrogens is 1. The van der Waals surface area contributed by atoms with Gasteiger partial charge in [0, 0.05) is 17.0 Å². The van der Waals surface area contributed by atoms with Crippen molar-refractivity contribution in [2.24, 2.45) is 5.92 Å². The second-order valence-electron chi connectivity index (χ2n) is 5.92. The summed E-state index contributed by atoms with van der Waals surface area (Å²) in [4.78, 5) is 16.6. The Bertz CT molecular complexity index is 699. The van der Waals surface area contributed by atoms with E-state index in [9.17, 15) is 18.0 Å². The summed E-state index contributed by atoms with van der Waals surface area (Å²) in [6.07, 6.45) is -2.61. The number of hydrogen-bond donors (Lipinski definition) is 1. The van der Waals surface area contributed by atoms with Gasteiger partial charge in [-0.1, -0.05) is 43.2 Å². The molecule has 3 nitrogen and oxygen atoms in total. The van der Waals surface area contributed by atoms with Crippen LogP contribution in [0.1, 0.15) is 36.2 Å². The summed E-state index contributed by atoms with van der Waals surface area (Å²) >= 11 is 1.31. The summed E-state index contributed by atoms with van der Waals surface area (Å²) in [6, 6.07) is 8.50. The summed E-state index contributed by atoms with van der Waals surface area (Å²) in [5, 5.41) is 4.81. The molecule has 1 amide bonds. The second-order valence-corrected chi connectivity index (χ2v) is 6.77. The van der Waals surface area contributed by atoms with E-state index in [0.717, 1.165) is 5.56 Å². The maximum atomic E-state index is 13.1. The quantitative estimate of drug-likeness (QED) is 0.871. The minimum Gasteiger partial charge on any atom is -0.347 e. The van der Waals surface area contributed by atoms with Gasteiger partial charge in [-0.25, -0.2) is 4.98 Å². The van der Waals surface area contributed by atoms with Crippen LogP contribution in [0, 0.1) is 5.92 Å². The van der Waals surface area contributed by atoms with Crippen molar-refractivity contribution in [1.29, 1.82) is 0 Å². The van der Waals surface area contributed by atoms with Crippen molar-refractivity contribution in [3.63, 3.8) is 0 Å². The number of carbonyl (C=O) groups excluding carboxylic acids is 1. The lowest BCUT2D eigenvalue weighted by molar-refractivity contribution is -0.187. The van der Waals surface area contributed by atoms with Crippen molar-refractivity contribution in [2.45, 2.75) is 37.9 Å². The molecule has 1 heterocycles. The molecule has 0 radical (unpaired) electrons. The van der Waals surface area contributed by atoms with E-state index in [1.165, 1.54) is 11.3 Å². The zero-order chi connectivity index (χ0) is 17.2. The number of benzene rings is 1. The molecule has 0 saturated heterocycles. The Balaban J connectivity index is 1.72. The summed E-state index contributed by atoms with van der Waals surface area (Å²) in [6.45, 7) is 0. The minimum atomic E-state index is -4.28. The zero-order valence-corrected chi connectivity index (χ0v) is 13.7. The first kappa shape index (κ1) is 17.0. The Hall–Kier alpha value is -1.89. The van der Waals surface area contributed by atoms with Crippen LogP contribution in [-0.4, -0.2) is 23.1 Å². The molecule has 1 aromatic carbocycles. The van der Waals surface area contributed by atoms with Crippen LogP contribution in [0.4, 0.5) is 13.2 Å². The van der Waals surface area contributed by atoms with Gasteiger partial charge in [-0.2, -0.15) is 13.2 Å². The van der Waals surface area contributed by atoms with E-state index in [1.807, 2.05) is 30.3 Å². The van der Waals surface area contributed by atoms with Gasteiger partial charge in [0.1, 0.15) is 10.7 Å². The topological polar surface area (TPSA) is 42.0 Å². The van der Waals surface area contributed by atoms with Crippen LogP contribution in [-0.2, 0) is 0 Å². The Labute approximate surface area is 141 Å². The summed E-state index contributed by atoms with van der Waals surface area (Å²) in [7, 11) is 0. The number of halogens is 3. The molecule has 2 aromatic rings. The summed E-state index contributed by atoms with van der Waals surface area (Å²) in [5.41, 5.74) is 1.05. The molecule has 128 valence electrons. The second kappa shape index (κ2) is 6.93. The van der Waals surface area contributed by atoms with Gasteiger partial charge in [-0.3, -0.25) is 4.79 Å². The highest BCUT2D eigenvalue weighted by Gasteiger charge is 2.46. The summed E-state index contributed by atoms with van der Waals surface area (Å²) < 4.78 is 39.3. The third kappa shape index (κ3) is 3.77. The molecule has 0 aliphatic heterocycles. The van der Waals surface area contributed by atoms with Gasteiger partial charge in [0.25, 0.3) is 5.91 Å². The van der Waals surface area contributed by atoms with Crippen molar-refractivity contribution in [3.05, 3.63) is 41.4 Å². The Morgan fingerprint density at radius 3 is 2.58 bits per heavy atom. The maximum Gasteiger partial charge on any atom is 0.393 e. The molecular formula is C17H17F3N2OS. The smallest absolute Gasteiger partial charge is 0.347 e. The van der Waals surface area contributed by atoms with Crippen LogP contribution >= 0.6 is 11.3 Å². The standard InChI is InChI=1S/C17H17F3N2OS/c18-17(19,20)12-8-4-5-9-13(12)21-15(23)14-10-24-16(22-14)11-6-2-1-3-7-11/h1-3,6-7,10,12-13H,4-5,8-9H2,(H,21,23)/t12-,13-/m1/s1. The van der Waals surface area contributed by atoms with Gasteiger partial charge < -0.3 is 5.32 Å². The van der Waals surface area contributed by atoms with Gasteiger partial charge in [0.05, 0.1) is 5.92 Å². The van der Waals surface area contributed by atoms with E-state index >= 15 is 0 Å². The minimum absolute atomic E-state index is 0.0702. The Morgan fingerprint density at radius 1 is 1.17 bits per heavy atom. The molecule has 0 bridgehead atoms. The van der Waals surface area contributed by atoms with E-state index < -0.39 is 24.0 Å². The Kier molecular flexibility index (Phi) is 4.89. The lowest BCUT2D eigenvalue weighted by atomic mass is 9.84. The molecule has 1 aromatic heterocycles.